The summed E-state index contributed by atoms with van der Waals surface area (Å²) in [6.45, 7) is -3.64. The number of hydrogen-bond donors (Lipinski definition) is 0. The molecule has 1 aromatic rings. The molecule has 0 unspecified atom stereocenters. The first kappa shape index (κ1) is 11.4. The van der Waals surface area contributed by atoms with E-state index in [0.29, 0.717) is 0 Å². The van der Waals surface area contributed by atoms with Crippen molar-refractivity contribution >= 4 is 28.4 Å². The number of aromatic nitrogens is 1. The highest BCUT2D eigenvalue weighted by Crippen LogP contribution is 2.26. The van der Waals surface area contributed by atoms with Crippen LogP contribution >= 0.6 is 15.9 Å². The van der Waals surface area contributed by atoms with Crippen molar-refractivity contribution in [3.8, 4) is 5.88 Å². The first-order valence-corrected chi connectivity index (χ1v) is 4.56. The van der Waals surface area contributed by atoms with E-state index in [2.05, 4.69) is 20.9 Å². The second kappa shape index (κ2) is 3.80. The normalized spacial score (nSPS) is 11.6. The first-order valence-electron chi connectivity index (χ1n) is 3.77. The molecule has 1 rings (SSSR count). The molecule has 0 saturated heterocycles. The minimum Gasteiger partial charge on any atom is -0.480 e. The molecule has 0 atom stereocenters. The Morgan fingerprint density at radius 1 is 1.43 bits per heavy atom. The largest absolute Gasteiger partial charge is 0.511 e. The smallest absolute Gasteiger partial charge is 0.480 e. The van der Waals surface area contributed by atoms with Crippen LogP contribution in [0.4, 0.5) is 12.9 Å². The fourth-order valence-corrected chi connectivity index (χ4v) is 1.53. The molecule has 0 amide bonds. The molecular formula is C7H7BBrF3NO-. The Kier molecular flexibility index (Phi) is 3.09. The molecule has 0 aliphatic heterocycles. The van der Waals surface area contributed by atoms with Crippen molar-refractivity contribution in [1.29, 1.82) is 0 Å². The Hall–Kier alpha value is -0.715. The van der Waals surface area contributed by atoms with Gasteiger partial charge in [0.1, 0.15) is 0 Å². The molecule has 1 heterocycles. The molecule has 0 aliphatic rings. The van der Waals surface area contributed by atoms with E-state index in [-0.39, 0.29) is 15.9 Å². The van der Waals surface area contributed by atoms with Crippen LogP contribution in [-0.4, -0.2) is 19.1 Å². The van der Waals surface area contributed by atoms with Crippen LogP contribution in [0.5, 0.6) is 5.88 Å². The molecular weight excluding hydrogens is 262 g/mol. The van der Waals surface area contributed by atoms with Gasteiger partial charge in [-0.15, -0.1) is 0 Å². The molecule has 0 bridgehead atoms. The van der Waals surface area contributed by atoms with Gasteiger partial charge in [0.05, 0.1) is 11.6 Å². The first-order chi connectivity index (χ1) is 6.38. The predicted octanol–water partition coefficient (Wildman–Crippen LogP) is 2.22. The average molecular weight is 269 g/mol. The Labute approximate surface area is 87.7 Å². The molecule has 0 spiro atoms. The van der Waals surface area contributed by atoms with Gasteiger partial charge in [0.15, 0.2) is 0 Å². The van der Waals surface area contributed by atoms with Crippen LogP contribution < -0.4 is 10.2 Å². The fraction of sp³-hybridized carbons (Fsp3) is 0.286. The lowest BCUT2D eigenvalue weighted by Gasteiger charge is -2.18. The Morgan fingerprint density at radius 3 is 2.43 bits per heavy atom. The van der Waals surface area contributed by atoms with Gasteiger partial charge < -0.3 is 17.7 Å². The summed E-state index contributed by atoms with van der Waals surface area (Å²) in [4.78, 5) is 3.55. The van der Waals surface area contributed by atoms with Gasteiger partial charge >= 0.3 is 6.98 Å². The molecule has 1 aromatic heterocycles. The lowest BCUT2D eigenvalue weighted by Crippen LogP contribution is -2.36. The molecule has 0 aromatic carbocycles. The van der Waals surface area contributed by atoms with E-state index in [1.54, 1.807) is 0 Å². The van der Waals surface area contributed by atoms with Crippen molar-refractivity contribution in [2.24, 2.45) is 0 Å². The third-order valence-corrected chi connectivity index (χ3v) is 2.75. The van der Waals surface area contributed by atoms with Crippen LogP contribution in [-0.2, 0) is 0 Å². The highest BCUT2D eigenvalue weighted by Gasteiger charge is 2.29. The summed E-state index contributed by atoms with van der Waals surface area (Å²) in [5.74, 6) is 0.159. The summed E-state index contributed by atoms with van der Waals surface area (Å²) in [5, 5.41) is 0. The highest BCUT2D eigenvalue weighted by atomic mass is 79.9. The summed E-state index contributed by atoms with van der Waals surface area (Å²) in [7, 11) is 1.35. The number of pyridine rings is 1. The van der Waals surface area contributed by atoms with Crippen molar-refractivity contribution in [3.63, 3.8) is 0 Å². The molecule has 0 fully saturated rings. The van der Waals surface area contributed by atoms with Gasteiger partial charge in [0.25, 0.3) is 0 Å². The third-order valence-electron chi connectivity index (χ3n) is 1.82. The van der Waals surface area contributed by atoms with Crippen LogP contribution in [0.2, 0.25) is 0 Å². The standard InChI is InChI=1S/C7H7BBrF3NO/c1-4-5(8(10,11)12)3-13-7(14-2)6(4)9/h3H,1-2H3/q-1. The topological polar surface area (TPSA) is 22.1 Å². The number of nitrogens with zero attached hydrogens (tertiary/aromatic N) is 1. The third kappa shape index (κ3) is 2.02. The highest BCUT2D eigenvalue weighted by molar-refractivity contribution is 9.10. The van der Waals surface area contributed by atoms with Gasteiger partial charge in [-0.1, -0.05) is 11.0 Å². The molecule has 7 heteroatoms. The van der Waals surface area contributed by atoms with Crippen LogP contribution in [0.15, 0.2) is 10.7 Å². The molecule has 0 aliphatic carbocycles. The zero-order chi connectivity index (χ0) is 10.9. The fourth-order valence-electron chi connectivity index (χ4n) is 1.04. The van der Waals surface area contributed by atoms with Crippen LogP contribution in [0.3, 0.4) is 0 Å². The molecule has 0 radical (unpaired) electrons. The molecule has 78 valence electrons. The maximum Gasteiger partial charge on any atom is 0.511 e. The Bertz CT molecular complexity index is 356. The van der Waals surface area contributed by atoms with Crippen molar-refractivity contribution in [3.05, 3.63) is 16.2 Å². The lowest BCUT2D eigenvalue weighted by atomic mass is 9.78. The minimum atomic E-state index is -5.02. The maximum absolute atomic E-state index is 12.4. The summed E-state index contributed by atoms with van der Waals surface area (Å²) in [6, 6.07) is 0. The van der Waals surface area contributed by atoms with Gasteiger partial charge in [0, 0.05) is 6.20 Å². The van der Waals surface area contributed by atoms with Crippen molar-refractivity contribution in [2.45, 2.75) is 6.92 Å². The van der Waals surface area contributed by atoms with Gasteiger partial charge in [-0.3, -0.25) is 0 Å². The van der Waals surface area contributed by atoms with Gasteiger partial charge in [-0.2, -0.15) is 0 Å². The van der Waals surface area contributed by atoms with Crippen LogP contribution in [0.25, 0.3) is 0 Å². The number of hydrogen-bond acceptors (Lipinski definition) is 2. The second-order valence-corrected chi connectivity index (χ2v) is 3.53. The Morgan fingerprint density at radius 2 is 2.00 bits per heavy atom. The van der Waals surface area contributed by atoms with Crippen LogP contribution in [0, 0.1) is 6.92 Å². The van der Waals surface area contributed by atoms with Gasteiger partial charge in [0.2, 0.25) is 5.88 Å². The zero-order valence-electron chi connectivity index (χ0n) is 7.52. The number of rotatable bonds is 2. The number of ether oxygens (including phenoxy) is 1. The lowest BCUT2D eigenvalue weighted by molar-refractivity contribution is 0.394. The van der Waals surface area contributed by atoms with Crippen molar-refractivity contribution in [2.75, 3.05) is 7.11 Å². The SMILES string of the molecule is COc1ncc([B-](F)(F)F)c(C)c1Br. The molecule has 0 N–H and O–H groups in total. The quantitative estimate of drug-likeness (QED) is 0.768. The van der Waals surface area contributed by atoms with Crippen molar-refractivity contribution < 1.29 is 17.7 Å². The van der Waals surface area contributed by atoms with Crippen molar-refractivity contribution in [1.82, 2.24) is 4.98 Å². The summed E-state index contributed by atoms with van der Waals surface area (Å²) in [6.07, 6.45) is 0.791. The zero-order valence-corrected chi connectivity index (χ0v) is 9.11. The van der Waals surface area contributed by atoms with Gasteiger partial charge in [-0.05, 0) is 22.9 Å². The maximum atomic E-state index is 12.4. The Balaban J connectivity index is 3.31. The van der Waals surface area contributed by atoms with E-state index in [0.717, 1.165) is 6.20 Å². The molecule has 0 saturated carbocycles. The van der Waals surface area contributed by atoms with E-state index in [1.165, 1.54) is 14.0 Å². The van der Waals surface area contributed by atoms with E-state index in [4.69, 9.17) is 4.74 Å². The number of methoxy groups -OCH3 is 1. The minimum absolute atomic E-state index is 0.101. The second-order valence-electron chi connectivity index (χ2n) is 2.74. The molecule has 14 heavy (non-hydrogen) atoms. The summed E-state index contributed by atoms with van der Waals surface area (Å²) < 4.78 is 42.3. The monoisotopic (exact) mass is 268 g/mol. The van der Waals surface area contributed by atoms with E-state index in [1.807, 2.05) is 0 Å². The van der Waals surface area contributed by atoms with E-state index < -0.39 is 12.4 Å². The summed E-state index contributed by atoms with van der Waals surface area (Å²) >= 11 is 3.01. The predicted molar refractivity (Wildman–Crippen MR) is 51.9 cm³/mol. The van der Waals surface area contributed by atoms with E-state index >= 15 is 0 Å². The summed E-state index contributed by atoms with van der Waals surface area (Å²) in [5.41, 5.74) is -0.595. The molecule has 2 nitrogen and oxygen atoms in total. The van der Waals surface area contributed by atoms with E-state index in [9.17, 15) is 12.9 Å². The average Bonchev–Trinajstić information content (AvgIpc) is 2.07. The van der Waals surface area contributed by atoms with Gasteiger partial charge in [-0.25, -0.2) is 4.98 Å². The number of halogens is 4. The van der Waals surface area contributed by atoms with Crippen LogP contribution in [0.1, 0.15) is 5.56 Å².